The van der Waals surface area contributed by atoms with Gasteiger partial charge in [0, 0.05) is 25.7 Å². The number of amides is 2. The van der Waals surface area contributed by atoms with Crippen LogP contribution in [0.1, 0.15) is 37.6 Å². The van der Waals surface area contributed by atoms with Gasteiger partial charge in [0.05, 0.1) is 0 Å². The molecule has 0 fully saturated rings. The molecule has 0 heterocycles. The lowest BCUT2D eigenvalue weighted by Gasteiger charge is -2.24. The minimum atomic E-state index is -0.496. The van der Waals surface area contributed by atoms with Crippen molar-refractivity contribution in [2.24, 2.45) is 0 Å². The molecule has 1 aromatic carbocycles. The quantitative estimate of drug-likeness (QED) is 0.848. The first kappa shape index (κ1) is 17.0. The van der Waals surface area contributed by atoms with Crippen LogP contribution in [0.5, 0.6) is 0 Å². The summed E-state index contributed by atoms with van der Waals surface area (Å²) in [5.74, 6) is -0.121. The molecular weight excluding hydrogens is 268 g/mol. The second kappa shape index (κ2) is 7.67. The van der Waals surface area contributed by atoms with Gasteiger partial charge in [-0.3, -0.25) is 4.79 Å². The number of carbonyl (C=O) groups excluding carboxylic acids is 2. The van der Waals surface area contributed by atoms with Crippen molar-refractivity contribution in [1.29, 1.82) is 0 Å². The van der Waals surface area contributed by atoms with E-state index in [0.29, 0.717) is 25.1 Å². The highest BCUT2D eigenvalue weighted by molar-refractivity contribution is 5.94. The van der Waals surface area contributed by atoms with E-state index in [1.165, 1.54) is 4.90 Å². The lowest BCUT2D eigenvalue weighted by atomic mass is 10.2. The Balaban J connectivity index is 2.25. The summed E-state index contributed by atoms with van der Waals surface area (Å²) in [6.07, 6.45) is 0.313. The van der Waals surface area contributed by atoms with Crippen molar-refractivity contribution in [3.8, 4) is 0 Å². The van der Waals surface area contributed by atoms with E-state index in [0.717, 1.165) is 0 Å². The molecule has 1 N–H and O–H groups in total. The number of benzene rings is 1. The minimum Gasteiger partial charge on any atom is -0.444 e. The Hall–Kier alpha value is -2.04. The van der Waals surface area contributed by atoms with Crippen molar-refractivity contribution < 1.29 is 14.3 Å². The maximum absolute atomic E-state index is 11.8. The van der Waals surface area contributed by atoms with Crippen LogP contribution in [0.15, 0.2) is 24.3 Å². The topological polar surface area (TPSA) is 58.6 Å². The van der Waals surface area contributed by atoms with E-state index < -0.39 is 5.60 Å². The molecular formula is C16H23N2O3. The van der Waals surface area contributed by atoms with E-state index >= 15 is 0 Å². The van der Waals surface area contributed by atoms with Crippen molar-refractivity contribution in [2.45, 2.75) is 32.8 Å². The highest BCUT2D eigenvalue weighted by atomic mass is 16.6. The van der Waals surface area contributed by atoms with Gasteiger partial charge in [0.25, 0.3) is 5.91 Å². The van der Waals surface area contributed by atoms with Gasteiger partial charge in [-0.2, -0.15) is 0 Å². The highest BCUT2D eigenvalue weighted by Gasteiger charge is 2.19. The smallest absolute Gasteiger partial charge is 0.410 e. The van der Waals surface area contributed by atoms with Gasteiger partial charge in [0.2, 0.25) is 0 Å². The largest absolute Gasteiger partial charge is 0.444 e. The summed E-state index contributed by atoms with van der Waals surface area (Å²) in [6, 6.07) is 9.68. The van der Waals surface area contributed by atoms with Crippen LogP contribution in [0, 0.1) is 6.07 Å². The summed E-state index contributed by atoms with van der Waals surface area (Å²) in [4.78, 5) is 25.0. The van der Waals surface area contributed by atoms with E-state index in [2.05, 4.69) is 11.4 Å². The Bertz CT molecular complexity index is 466. The Morgan fingerprint density at radius 1 is 1.29 bits per heavy atom. The van der Waals surface area contributed by atoms with Gasteiger partial charge in [0.1, 0.15) is 5.60 Å². The lowest BCUT2D eigenvalue weighted by Crippen LogP contribution is -2.36. The van der Waals surface area contributed by atoms with E-state index in [4.69, 9.17) is 4.74 Å². The van der Waals surface area contributed by atoms with Gasteiger partial charge in [-0.1, -0.05) is 12.1 Å². The molecule has 5 nitrogen and oxygen atoms in total. The van der Waals surface area contributed by atoms with Gasteiger partial charge < -0.3 is 15.0 Å². The predicted octanol–water partition coefficient (Wildman–Crippen LogP) is 2.47. The van der Waals surface area contributed by atoms with Gasteiger partial charge in [0.15, 0.2) is 0 Å². The van der Waals surface area contributed by atoms with Gasteiger partial charge >= 0.3 is 6.09 Å². The number of hydrogen-bond donors (Lipinski definition) is 1. The number of rotatable bonds is 5. The number of nitrogens with one attached hydrogen (secondary N) is 1. The molecule has 0 saturated heterocycles. The highest BCUT2D eigenvalue weighted by Crippen LogP contribution is 2.09. The number of hydrogen-bond acceptors (Lipinski definition) is 3. The van der Waals surface area contributed by atoms with Crippen molar-refractivity contribution in [1.82, 2.24) is 10.2 Å². The number of ether oxygens (including phenoxy) is 1. The van der Waals surface area contributed by atoms with Gasteiger partial charge in [-0.05, 0) is 45.4 Å². The first-order valence-corrected chi connectivity index (χ1v) is 6.98. The average Bonchev–Trinajstić information content (AvgIpc) is 2.42. The van der Waals surface area contributed by atoms with Crippen LogP contribution in [0.4, 0.5) is 4.79 Å². The van der Waals surface area contributed by atoms with Crippen molar-refractivity contribution in [3.05, 3.63) is 35.9 Å². The molecule has 1 rings (SSSR count). The molecule has 1 aromatic rings. The van der Waals surface area contributed by atoms with Crippen LogP contribution in [0.3, 0.4) is 0 Å². The molecule has 0 bridgehead atoms. The van der Waals surface area contributed by atoms with E-state index in [1.807, 2.05) is 20.8 Å². The minimum absolute atomic E-state index is 0.121. The van der Waals surface area contributed by atoms with Gasteiger partial charge in [-0.15, -0.1) is 0 Å². The number of carbonyl (C=O) groups is 2. The Kier molecular flexibility index (Phi) is 6.21. The summed E-state index contributed by atoms with van der Waals surface area (Å²) < 4.78 is 5.24. The fourth-order valence-corrected chi connectivity index (χ4v) is 1.59. The zero-order valence-electron chi connectivity index (χ0n) is 13.1. The monoisotopic (exact) mass is 291 g/mol. The second-order valence-electron chi connectivity index (χ2n) is 5.80. The first-order valence-electron chi connectivity index (χ1n) is 6.98. The summed E-state index contributed by atoms with van der Waals surface area (Å²) >= 11 is 0. The normalized spacial score (nSPS) is 10.9. The third-order valence-electron chi connectivity index (χ3n) is 2.64. The molecule has 0 aliphatic carbocycles. The Labute approximate surface area is 126 Å². The molecule has 2 amide bonds. The van der Waals surface area contributed by atoms with Crippen LogP contribution in [0.25, 0.3) is 0 Å². The third kappa shape index (κ3) is 6.79. The van der Waals surface area contributed by atoms with Crippen LogP contribution >= 0.6 is 0 Å². The van der Waals surface area contributed by atoms with Gasteiger partial charge in [-0.25, -0.2) is 4.79 Å². The summed E-state index contributed by atoms with van der Waals surface area (Å²) in [6.45, 7) is 6.52. The van der Waals surface area contributed by atoms with Crippen LogP contribution in [-0.2, 0) is 4.74 Å². The Morgan fingerprint density at radius 3 is 2.48 bits per heavy atom. The molecule has 0 aliphatic heterocycles. The summed E-state index contributed by atoms with van der Waals surface area (Å²) in [7, 11) is 1.68. The maximum atomic E-state index is 11.8. The predicted molar refractivity (Wildman–Crippen MR) is 81.1 cm³/mol. The SMILES string of the molecule is CN(CCCNC(=O)c1cc[c]cc1)C(=O)OC(C)(C)C. The molecule has 0 unspecified atom stereocenters. The fourth-order valence-electron chi connectivity index (χ4n) is 1.59. The number of nitrogens with zero attached hydrogens (tertiary/aromatic N) is 1. The molecule has 5 heteroatoms. The molecule has 1 radical (unpaired) electrons. The van der Waals surface area contributed by atoms with Crippen LogP contribution < -0.4 is 5.32 Å². The lowest BCUT2D eigenvalue weighted by molar-refractivity contribution is 0.0297. The van der Waals surface area contributed by atoms with E-state index in [9.17, 15) is 9.59 Å². The van der Waals surface area contributed by atoms with Crippen molar-refractivity contribution >= 4 is 12.0 Å². The average molecular weight is 291 g/mol. The van der Waals surface area contributed by atoms with E-state index in [1.54, 1.807) is 31.3 Å². The fraction of sp³-hybridized carbons (Fsp3) is 0.500. The van der Waals surface area contributed by atoms with Crippen molar-refractivity contribution in [3.63, 3.8) is 0 Å². The molecule has 0 aliphatic rings. The third-order valence-corrected chi connectivity index (χ3v) is 2.64. The molecule has 0 atom stereocenters. The summed E-state index contributed by atoms with van der Waals surface area (Å²) in [5, 5.41) is 2.81. The molecule has 21 heavy (non-hydrogen) atoms. The molecule has 0 aromatic heterocycles. The van der Waals surface area contributed by atoms with E-state index in [-0.39, 0.29) is 12.0 Å². The molecule has 115 valence electrons. The zero-order chi connectivity index (χ0) is 15.9. The zero-order valence-corrected chi connectivity index (χ0v) is 13.1. The van der Waals surface area contributed by atoms with Crippen LogP contribution in [0.2, 0.25) is 0 Å². The Morgan fingerprint density at radius 2 is 1.90 bits per heavy atom. The van der Waals surface area contributed by atoms with Crippen molar-refractivity contribution in [2.75, 3.05) is 20.1 Å². The first-order chi connectivity index (χ1) is 9.79. The standard InChI is InChI=1S/C16H23N2O3/c1-16(2,3)21-15(20)18(4)12-8-11-17-14(19)13-9-6-5-7-10-13/h6-7,9-10H,8,11-12H2,1-4H3,(H,17,19). The summed E-state index contributed by atoms with van der Waals surface area (Å²) in [5.41, 5.74) is 0.110. The van der Waals surface area contributed by atoms with Crippen LogP contribution in [-0.4, -0.2) is 42.6 Å². The maximum Gasteiger partial charge on any atom is 0.410 e. The second-order valence-corrected chi connectivity index (χ2v) is 5.80. The molecule has 0 saturated carbocycles. The molecule has 0 spiro atoms.